The van der Waals surface area contributed by atoms with E-state index in [1.807, 2.05) is 0 Å². The quantitative estimate of drug-likeness (QED) is 0.769. The predicted octanol–water partition coefficient (Wildman–Crippen LogP) is 3.24. The van der Waals surface area contributed by atoms with Crippen LogP contribution in [0.2, 0.25) is 0 Å². The number of benzene rings is 1. The zero-order chi connectivity index (χ0) is 19.2. The molecule has 1 atom stereocenters. The molecule has 0 unspecified atom stereocenters. The Morgan fingerprint density at radius 3 is 2.50 bits per heavy atom. The molecule has 0 radical (unpaired) electrons. The first kappa shape index (κ1) is 19.7. The van der Waals surface area contributed by atoms with Crippen molar-refractivity contribution in [1.82, 2.24) is 15.1 Å². The second-order valence-corrected chi connectivity index (χ2v) is 8.79. The fraction of sp³-hybridized carbons (Fsp3) is 0.625. The van der Waals surface area contributed by atoms with Crippen LogP contribution in [0.5, 0.6) is 0 Å². The Morgan fingerprint density at radius 2 is 1.75 bits per heavy atom. The Hall–Kier alpha value is -1.65. The summed E-state index contributed by atoms with van der Waals surface area (Å²) in [5.74, 6) is 0.476. The lowest BCUT2D eigenvalue weighted by atomic mass is 9.93. The van der Waals surface area contributed by atoms with Crippen molar-refractivity contribution < 1.29 is 4.79 Å². The molecule has 1 amide bonds. The molecule has 0 bridgehead atoms. The molecule has 4 rings (SSSR count). The van der Waals surface area contributed by atoms with E-state index in [9.17, 15) is 4.79 Å². The van der Waals surface area contributed by atoms with E-state index >= 15 is 0 Å². The number of nitrogens with one attached hydrogen (secondary N) is 1. The van der Waals surface area contributed by atoms with Crippen LogP contribution in [-0.2, 0) is 11.2 Å². The molecule has 1 aliphatic carbocycles. The molecule has 1 N–H and O–H groups in total. The van der Waals surface area contributed by atoms with Gasteiger partial charge < -0.3 is 10.2 Å². The van der Waals surface area contributed by atoms with E-state index in [1.165, 1.54) is 38.0 Å². The number of piperidine rings is 2. The summed E-state index contributed by atoms with van der Waals surface area (Å²) in [6.45, 7) is 5.68. The van der Waals surface area contributed by atoms with Gasteiger partial charge in [-0.2, -0.15) is 0 Å². The maximum absolute atomic E-state index is 12.7. The van der Waals surface area contributed by atoms with Gasteiger partial charge in [0.1, 0.15) is 0 Å². The van der Waals surface area contributed by atoms with Gasteiger partial charge in [0, 0.05) is 25.2 Å². The SMILES string of the molecule is O=C(NC1CC=CC1)[C@@H]1CCCN(C2CCN(CCc3ccccc3)CC2)C1. The van der Waals surface area contributed by atoms with Crippen LogP contribution in [0.4, 0.5) is 0 Å². The summed E-state index contributed by atoms with van der Waals surface area (Å²) in [4.78, 5) is 17.9. The Labute approximate surface area is 170 Å². The van der Waals surface area contributed by atoms with Gasteiger partial charge in [0.15, 0.2) is 0 Å². The minimum absolute atomic E-state index is 0.186. The molecule has 4 nitrogen and oxygen atoms in total. The van der Waals surface area contributed by atoms with Crippen LogP contribution >= 0.6 is 0 Å². The normalized spacial score (nSPS) is 25.2. The van der Waals surface area contributed by atoms with Gasteiger partial charge in [-0.15, -0.1) is 0 Å². The van der Waals surface area contributed by atoms with Crippen molar-refractivity contribution in [2.75, 3.05) is 32.7 Å². The lowest BCUT2D eigenvalue weighted by Gasteiger charge is -2.42. The molecule has 4 heteroatoms. The first-order valence-electron chi connectivity index (χ1n) is 11.2. The van der Waals surface area contributed by atoms with Crippen LogP contribution in [0.25, 0.3) is 0 Å². The Balaban J connectivity index is 1.20. The molecule has 3 aliphatic rings. The first-order valence-corrected chi connectivity index (χ1v) is 11.2. The summed E-state index contributed by atoms with van der Waals surface area (Å²) >= 11 is 0. The number of nitrogens with zero attached hydrogens (tertiary/aromatic N) is 2. The molecule has 28 heavy (non-hydrogen) atoms. The van der Waals surface area contributed by atoms with Crippen LogP contribution in [0.15, 0.2) is 42.5 Å². The topological polar surface area (TPSA) is 35.6 Å². The summed E-state index contributed by atoms with van der Waals surface area (Å²) in [6, 6.07) is 11.8. The predicted molar refractivity (Wildman–Crippen MR) is 114 cm³/mol. The molecule has 2 heterocycles. The van der Waals surface area contributed by atoms with Gasteiger partial charge in [-0.1, -0.05) is 42.5 Å². The zero-order valence-corrected chi connectivity index (χ0v) is 17.1. The van der Waals surface area contributed by atoms with Gasteiger partial charge >= 0.3 is 0 Å². The second-order valence-electron chi connectivity index (χ2n) is 8.79. The Kier molecular flexibility index (Phi) is 6.81. The lowest BCUT2D eigenvalue weighted by molar-refractivity contribution is -0.127. The number of hydrogen-bond acceptors (Lipinski definition) is 3. The van der Waals surface area contributed by atoms with Gasteiger partial charge in [-0.05, 0) is 70.1 Å². The van der Waals surface area contributed by atoms with E-state index in [0.29, 0.717) is 18.0 Å². The molecular weight excluding hydrogens is 346 g/mol. The molecule has 2 saturated heterocycles. The summed E-state index contributed by atoms with van der Waals surface area (Å²) in [6.07, 6.45) is 12.2. The van der Waals surface area contributed by atoms with E-state index in [2.05, 4.69) is 57.6 Å². The van der Waals surface area contributed by atoms with Crippen molar-refractivity contribution in [3.05, 3.63) is 48.0 Å². The summed E-state index contributed by atoms with van der Waals surface area (Å²) in [7, 11) is 0. The third-order valence-corrected chi connectivity index (χ3v) is 6.81. The van der Waals surface area contributed by atoms with Crippen molar-refractivity contribution in [2.24, 2.45) is 5.92 Å². The van der Waals surface area contributed by atoms with E-state index < -0.39 is 0 Å². The largest absolute Gasteiger partial charge is 0.352 e. The summed E-state index contributed by atoms with van der Waals surface area (Å²) < 4.78 is 0. The fourth-order valence-electron chi connectivity index (χ4n) is 5.05. The van der Waals surface area contributed by atoms with Crippen molar-refractivity contribution in [3.63, 3.8) is 0 Å². The van der Waals surface area contributed by atoms with Crippen LogP contribution < -0.4 is 5.32 Å². The zero-order valence-electron chi connectivity index (χ0n) is 17.1. The number of rotatable bonds is 6. The lowest BCUT2D eigenvalue weighted by Crippen LogP contribution is -2.51. The first-order chi connectivity index (χ1) is 13.8. The highest BCUT2D eigenvalue weighted by atomic mass is 16.2. The van der Waals surface area contributed by atoms with Gasteiger partial charge in [-0.25, -0.2) is 0 Å². The van der Waals surface area contributed by atoms with Crippen LogP contribution in [0.1, 0.15) is 44.1 Å². The third-order valence-electron chi connectivity index (χ3n) is 6.81. The number of hydrogen-bond donors (Lipinski definition) is 1. The van der Waals surface area contributed by atoms with E-state index in [-0.39, 0.29) is 5.92 Å². The van der Waals surface area contributed by atoms with Crippen LogP contribution in [0, 0.1) is 5.92 Å². The molecule has 1 aromatic rings. The Morgan fingerprint density at radius 1 is 1.00 bits per heavy atom. The highest BCUT2D eigenvalue weighted by molar-refractivity contribution is 5.79. The molecule has 152 valence electrons. The molecular formula is C24H35N3O. The number of likely N-dealkylation sites (tertiary alicyclic amines) is 2. The maximum atomic E-state index is 12.7. The minimum Gasteiger partial charge on any atom is -0.352 e. The average Bonchev–Trinajstić information content (AvgIpc) is 3.26. The molecule has 1 aromatic carbocycles. The number of carbonyl (C=O) groups is 1. The molecule has 0 saturated carbocycles. The summed E-state index contributed by atoms with van der Waals surface area (Å²) in [5.41, 5.74) is 1.44. The van der Waals surface area contributed by atoms with E-state index in [0.717, 1.165) is 45.2 Å². The molecule has 2 fully saturated rings. The monoisotopic (exact) mass is 381 g/mol. The third kappa shape index (κ3) is 5.24. The van der Waals surface area contributed by atoms with Crippen molar-refractivity contribution in [2.45, 2.75) is 57.0 Å². The van der Waals surface area contributed by atoms with Gasteiger partial charge in [0.2, 0.25) is 5.91 Å². The standard InChI is InChI=1S/C24H35N3O/c28-24(25-22-10-4-5-11-22)21-9-6-15-27(19-21)23-13-17-26(18-14-23)16-12-20-7-2-1-3-8-20/h1-5,7-8,21-23H,6,9-19H2,(H,25,28)/t21-/m1/s1. The van der Waals surface area contributed by atoms with E-state index in [4.69, 9.17) is 0 Å². The van der Waals surface area contributed by atoms with E-state index in [1.54, 1.807) is 0 Å². The van der Waals surface area contributed by atoms with Crippen LogP contribution in [-0.4, -0.2) is 60.5 Å². The van der Waals surface area contributed by atoms with Gasteiger partial charge in [0.05, 0.1) is 5.92 Å². The smallest absolute Gasteiger partial charge is 0.224 e. The van der Waals surface area contributed by atoms with Gasteiger partial charge in [0.25, 0.3) is 0 Å². The molecule has 0 spiro atoms. The minimum atomic E-state index is 0.186. The van der Waals surface area contributed by atoms with Crippen LogP contribution in [0.3, 0.4) is 0 Å². The van der Waals surface area contributed by atoms with Crippen molar-refractivity contribution >= 4 is 5.91 Å². The van der Waals surface area contributed by atoms with Crippen molar-refractivity contribution in [1.29, 1.82) is 0 Å². The highest BCUT2D eigenvalue weighted by Crippen LogP contribution is 2.24. The molecule has 0 aromatic heterocycles. The number of carbonyl (C=O) groups excluding carboxylic acids is 1. The number of amides is 1. The van der Waals surface area contributed by atoms with Crippen molar-refractivity contribution in [3.8, 4) is 0 Å². The fourth-order valence-corrected chi connectivity index (χ4v) is 5.05. The second kappa shape index (κ2) is 9.71. The molecule has 2 aliphatic heterocycles. The average molecular weight is 382 g/mol. The Bertz CT molecular complexity index is 643. The maximum Gasteiger partial charge on any atom is 0.224 e. The van der Waals surface area contributed by atoms with Gasteiger partial charge in [-0.3, -0.25) is 9.69 Å². The highest BCUT2D eigenvalue weighted by Gasteiger charge is 2.32. The summed E-state index contributed by atoms with van der Waals surface area (Å²) in [5, 5.41) is 3.28.